The van der Waals surface area contributed by atoms with Gasteiger partial charge in [-0.2, -0.15) is 15.3 Å². The van der Waals surface area contributed by atoms with E-state index >= 15 is 0 Å². The lowest BCUT2D eigenvalue weighted by molar-refractivity contribution is 0.432. The van der Waals surface area contributed by atoms with Crippen LogP contribution in [-0.2, 0) is 0 Å². The van der Waals surface area contributed by atoms with Gasteiger partial charge in [-0.15, -0.1) is 11.3 Å². The van der Waals surface area contributed by atoms with E-state index in [4.69, 9.17) is 9.78 Å². The van der Waals surface area contributed by atoms with Crippen molar-refractivity contribution in [2.24, 2.45) is 0 Å². The lowest BCUT2D eigenvalue weighted by Crippen LogP contribution is -1.80. The van der Waals surface area contributed by atoms with Crippen molar-refractivity contribution in [3.63, 3.8) is 0 Å². The molecule has 0 amide bonds. The van der Waals surface area contributed by atoms with Crippen LogP contribution in [0.1, 0.15) is 5.69 Å². The van der Waals surface area contributed by atoms with Gasteiger partial charge in [0.15, 0.2) is 0 Å². The summed E-state index contributed by atoms with van der Waals surface area (Å²) in [5.41, 5.74) is 0.828. The molecule has 82 valence electrons. The van der Waals surface area contributed by atoms with Crippen LogP contribution in [-0.4, -0.2) is 20.3 Å². The predicted octanol–water partition coefficient (Wildman–Crippen LogP) is 2.06. The number of aromatic nitrogens is 4. The number of nitrogens with zero attached hydrogens (tertiary/aromatic N) is 4. The molecule has 0 unspecified atom stereocenters. The summed E-state index contributed by atoms with van der Waals surface area (Å²) in [5.74, 6) is 0.804. The van der Waals surface area contributed by atoms with Gasteiger partial charge in [-0.1, -0.05) is 11.2 Å². The van der Waals surface area contributed by atoms with Gasteiger partial charge in [0, 0.05) is 0 Å². The first-order valence-electron chi connectivity index (χ1n) is 4.70. The van der Waals surface area contributed by atoms with Gasteiger partial charge in [-0.25, -0.2) is 0 Å². The van der Waals surface area contributed by atoms with Gasteiger partial charge in [-0.05, 0) is 11.4 Å². The molecule has 6 nitrogen and oxygen atoms in total. The van der Waals surface area contributed by atoms with Crippen molar-refractivity contribution in [1.82, 2.24) is 20.3 Å². The third kappa shape index (κ3) is 1.60. The SMILES string of the molecule is N#Cc1[nH]ncc1-c1nc(-c2cccs2)no1. The Balaban J connectivity index is 2.04. The fourth-order valence-corrected chi connectivity index (χ4v) is 2.02. The van der Waals surface area contributed by atoms with E-state index < -0.39 is 0 Å². The number of H-pyrrole nitrogens is 1. The van der Waals surface area contributed by atoms with Crippen LogP contribution in [0.15, 0.2) is 28.2 Å². The molecule has 0 bridgehead atoms. The van der Waals surface area contributed by atoms with Crippen molar-refractivity contribution in [1.29, 1.82) is 5.26 Å². The molecule has 0 saturated heterocycles. The van der Waals surface area contributed by atoms with Gasteiger partial charge < -0.3 is 4.52 Å². The number of thiophene rings is 1. The molecule has 0 radical (unpaired) electrons. The standard InChI is InChI=1S/C10H5N5OS/c11-4-7-6(5-12-14-7)10-13-9(15-16-10)8-2-1-3-17-8/h1-3,5H,(H,12,14). The van der Waals surface area contributed by atoms with E-state index in [-0.39, 0.29) is 0 Å². The number of nitriles is 1. The lowest BCUT2D eigenvalue weighted by Gasteiger charge is -1.85. The Kier molecular flexibility index (Phi) is 2.20. The fraction of sp³-hybridized carbons (Fsp3) is 0. The molecule has 0 atom stereocenters. The van der Waals surface area contributed by atoms with E-state index in [9.17, 15) is 0 Å². The number of hydrogen-bond acceptors (Lipinski definition) is 6. The Bertz CT molecular complexity index is 676. The first-order valence-corrected chi connectivity index (χ1v) is 5.58. The van der Waals surface area contributed by atoms with Crippen molar-refractivity contribution < 1.29 is 4.52 Å². The second-order valence-corrected chi connectivity index (χ2v) is 4.12. The highest BCUT2D eigenvalue weighted by Crippen LogP contribution is 2.25. The normalized spacial score (nSPS) is 10.3. The summed E-state index contributed by atoms with van der Waals surface area (Å²) in [4.78, 5) is 5.14. The van der Waals surface area contributed by atoms with Crippen LogP contribution in [0, 0.1) is 11.3 Å². The third-order valence-corrected chi connectivity index (χ3v) is 3.01. The van der Waals surface area contributed by atoms with E-state index in [2.05, 4.69) is 20.3 Å². The summed E-state index contributed by atoms with van der Waals surface area (Å²) in [6, 6.07) is 5.79. The van der Waals surface area contributed by atoms with Crippen LogP contribution in [0.5, 0.6) is 0 Å². The summed E-state index contributed by atoms with van der Waals surface area (Å²) in [6.45, 7) is 0. The van der Waals surface area contributed by atoms with Gasteiger partial charge >= 0.3 is 0 Å². The molecule has 3 aromatic heterocycles. The maximum absolute atomic E-state index is 8.85. The summed E-state index contributed by atoms with van der Waals surface area (Å²) >= 11 is 1.52. The van der Waals surface area contributed by atoms with E-state index in [1.165, 1.54) is 17.5 Å². The summed E-state index contributed by atoms with van der Waals surface area (Å²) in [5, 5.41) is 21.0. The molecule has 3 aromatic rings. The van der Waals surface area contributed by atoms with Crippen LogP contribution in [0.4, 0.5) is 0 Å². The van der Waals surface area contributed by atoms with Gasteiger partial charge in [0.05, 0.1) is 16.6 Å². The van der Waals surface area contributed by atoms with Crippen molar-refractivity contribution in [3.05, 3.63) is 29.4 Å². The van der Waals surface area contributed by atoms with Gasteiger partial charge in [0.25, 0.3) is 5.89 Å². The molecule has 7 heteroatoms. The van der Waals surface area contributed by atoms with Crippen LogP contribution in [0.2, 0.25) is 0 Å². The van der Waals surface area contributed by atoms with E-state index in [1.54, 1.807) is 0 Å². The lowest BCUT2D eigenvalue weighted by atomic mass is 10.2. The molecule has 0 aliphatic heterocycles. The van der Waals surface area contributed by atoms with Crippen LogP contribution in [0.3, 0.4) is 0 Å². The highest BCUT2D eigenvalue weighted by atomic mass is 32.1. The topological polar surface area (TPSA) is 91.4 Å². The molecule has 0 fully saturated rings. The molecular formula is C10H5N5OS. The van der Waals surface area contributed by atoms with Crippen LogP contribution >= 0.6 is 11.3 Å². The highest BCUT2D eigenvalue weighted by Gasteiger charge is 2.15. The Morgan fingerprint density at radius 2 is 2.41 bits per heavy atom. The molecular weight excluding hydrogens is 238 g/mol. The Labute approximate surface area is 99.5 Å². The Morgan fingerprint density at radius 1 is 1.47 bits per heavy atom. The molecule has 0 aliphatic rings. The number of nitrogens with one attached hydrogen (secondary N) is 1. The number of rotatable bonds is 2. The van der Waals surface area contributed by atoms with E-state index in [0.717, 1.165) is 4.88 Å². The van der Waals surface area contributed by atoms with E-state index in [1.807, 2.05) is 23.6 Å². The van der Waals surface area contributed by atoms with Crippen LogP contribution in [0.25, 0.3) is 22.2 Å². The monoisotopic (exact) mass is 243 g/mol. The molecule has 3 heterocycles. The summed E-state index contributed by atoms with van der Waals surface area (Å²) in [6.07, 6.45) is 1.49. The van der Waals surface area contributed by atoms with E-state index in [0.29, 0.717) is 23.0 Å². The van der Waals surface area contributed by atoms with Gasteiger partial charge in [0.1, 0.15) is 11.8 Å². The maximum atomic E-state index is 8.85. The van der Waals surface area contributed by atoms with Gasteiger partial charge in [0.2, 0.25) is 5.82 Å². The molecule has 3 rings (SSSR count). The maximum Gasteiger partial charge on any atom is 0.262 e. The number of hydrogen-bond donors (Lipinski definition) is 1. The van der Waals surface area contributed by atoms with Crippen molar-refractivity contribution in [2.45, 2.75) is 0 Å². The average molecular weight is 243 g/mol. The third-order valence-electron chi connectivity index (χ3n) is 2.15. The molecule has 0 saturated carbocycles. The average Bonchev–Trinajstić information content (AvgIpc) is 3.09. The summed E-state index contributed by atoms with van der Waals surface area (Å²) in [7, 11) is 0. The molecule has 1 N–H and O–H groups in total. The molecule has 0 spiro atoms. The second kappa shape index (κ2) is 3.84. The largest absolute Gasteiger partial charge is 0.333 e. The zero-order valence-corrected chi connectivity index (χ0v) is 9.23. The zero-order valence-electron chi connectivity index (χ0n) is 8.41. The van der Waals surface area contributed by atoms with Crippen molar-refractivity contribution in [2.75, 3.05) is 0 Å². The molecule has 17 heavy (non-hydrogen) atoms. The first-order chi connectivity index (χ1) is 8.38. The minimum atomic E-state index is 0.290. The minimum absolute atomic E-state index is 0.290. The molecule has 0 aromatic carbocycles. The van der Waals surface area contributed by atoms with Crippen molar-refractivity contribution in [3.8, 4) is 28.2 Å². The minimum Gasteiger partial charge on any atom is -0.333 e. The smallest absolute Gasteiger partial charge is 0.262 e. The highest BCUT2D eigenvalue weighted by molar-refractivity contribution is 7.13. The van der Waals surface area contributed by atoms with Crippen LogP contribution < -0.4 is 0 Å². The second-order valence-electron chi connectivity index (χ2n) is 3.17. The number of aromatic amines is 1. The predicted molar refractivity (Wildman–Crippen MR) is 59.9 cm³/mol. The Morgan fingerprint density at radius 3 is 3.18 bits per heavy atom. The fourth-order valence-electron chi connectivity index (χ4n) is 1.37. The Hall–Kier alpha value is -2.46. The zero-order chi connectivity index (χ0) is 11.7. The van der Waals surface area contributed by atoms with Crippen molar-refractivity contribution >= 4 is 11.3 Å². The van der Waals surface area contributed by atoms with Gasteiger partial charge in [-0.3, -0.25) is 5.10 Å². The first kappa shape index (κ1) is 9.74. The quantitative estimate of drug-likeness (QED) is 0.743. The molecule has 0 aliphatic carbocycles. The summed E-state index contributed by atoms with van der Waals surface area (Å²) < 4.78 is 5.11.